The van der Waals surface area contributed by atoms with Crippen molar-refractivity contribution in [2.45, 2.75) is 25.9 Å². The molecule has 2 aromatic heterocycles. The fraction of sp³-hybridized carbons (Fsp3) is 0.318. The number of aromatic nitrogens is 2. The molecule has 1 aliphatic rings. The lowest BCUT2D eigenvalue weighted by Crippen LogP contribution is -2.54. The van der Waals surface area contributed by atoms with E-state index in [-0.39, 0.29) is 11.7 Å². The molecule has 3 aromatic rings. The van der Waals surface area contributed by atoms with E-state index in [4.69, 9.17) is 4.74 Å². The second-order valence-corrected chi connectivity index (χ2v) is 8.63. The number of hydrogen-bond donors (Lipinski definition) is 3. The number of halogens is 1. The molecule has 1 aromatic carbocycles. The number of anilines is 4. The zero-order valence-corrected chi connectivity index (χ0v) is 18.9. The van der Waals surface area contributed by atoms with E-state index in [9.17, 15) is 9.18 Å². The molecule has 32 heavy (non-hydrogen) atoms. The Bertz CT molecular complexity index is 1080. The fourth-order valence-electron chi connectivity index (χ4n) is 3.67. The molecule has 0 radical (unpaired) electrons. The van der Waals surface area contributed by atoms with Gasteiger partial charge < -0.3 is 25.6 Å². The normalized spacial score (nSPS) is 18.3. The number of rotatable bonds is 6. The van der Waals surface area contributed by atoms with Crippen LogP contribution in [0.15, 0.2) is 41.9 Å². The van der Waals surface area contributed by atoms with Crippen LogP contribution in [-0.2, 0) is 0 Å². The highest BCUT2D eigenvalue weighted by atomic mass is 32.1. The Kier molecular flexibility index (Phi) is 6.52. The third-order valence-corrected chi connectivity index (χ3v) is 5.93. The van der Waals surface area contributed by atoms with Crippen LogP contribution in [0.4, 0.5) is 27.5 Å². The van der Waals surface area contributed by atoms with E-state index < -0.39 is 5.82 Å². The van der Waals surface area contributed by atoms with Crippen LogP contribution < -0.4 is 25.6 Å². The van der Waals surface area contributed by atoms with Gasteiger partial charge in [-0.05, 0) is 49.6 Å². The first-order valence-corrected chi connectivity index (χ1v) is 11.1. The highest BCUT2D eigenvalue weighted by Crippen LogP contribution is 2.26. The number of ether oxygens (including phenoxy) is 1. The number of carbonyl (C=O) groups excluding carboxylic acids is 1. The molecular formula is C22H25FN6O2S. The van der Waals surface area contributed by atoms with Crippen LogP contribution >= 0.6 is 11.3 Å². The molecule has 0 aliphatic carbocycles. The number of hydrogen-bond acceptors (Lipinski definition) is 8. The van der Waals surface area contributed by atoms with Gasteiger partial charge in [0.05, 0.1) is 13.3 Å². The number of carbonyl (C=O) groups is 1. The van der Waals surface area contributed by atoms with Gasteiger partial charge in [0.25, 0.3) is 5.91 Å². The highest BCUT2D eigenvalue weighted by Gasteiger charge is 2.23. The Morgan fingerprint density at radius 2 is 1.88 bits per heavy atom. The van der Waals surface area contributed by atoms with E-state index in [1.165, 1.54) is 24.6 Å². The van der Waals surface area contributed by atoms with E-state index >= 15 is 0 Å². The van der Waals surface area contributed by atoms with Gasteiger partial charge in [0.2, 0.25) is 5.95 Å². The molecule has 2 atom stereocenters. The van der Waals surface area contributed by atoms with Gasteiger partial charge in [-0.1, -0.05) is 0 Å². The summed E-state index contributed by atoms with van der Waals surface area (Å²) in [7, 11) is 1.53. The molecule has 1 fully saturated rings. The first-order chi connectivity index (χ1) is 15.4. The minimum absolute atomic E-state index is 0.106. The van der Waals surface area contributed by atoms with Crippen molar-refractivity contribution < 1.29 is 13.9 Å². The van der Waals surface area contributed by atoms with Crippen LogP contribution in [0, 0.1) is 5.82 Å². The standard InChI is InChI=1S/C22H25FN6O2S/c1-13-11-29(12-14(2)25-13)22-24-10-17(23)20(28-22)26-15-4-6-16(7-5-15)27-21(30)19-18(31-3)8-9-32-19/h4-10,13-14,25H,11-12H2,1-3H3,(H,27,30)(H,24,26,28)/t13-,14+. The molecule has 1 aliphatic heterocycles. The molecule has 3 N–H and O–H groups in total. The van der Waals surface area contributed by atoms with E-state index in [1.807, 2.05) is 4.90 Å². The number of benzene rings is 1. The van der Waals surface area contributed by atoms with Gasteiger partial charge in [0.15, 0.2) is 11.6 Å². The van der Waals surface area contributed by atoms with Gasteiger partial charge in [-0.2, -0.15) is 4.98 Å². The number of methoxy groups -OCH3 is 1. The molecule has 3 heterocycles. The average molecular weight is 457 g/mol. The van der Waals surface area contributed by atoms with Gasteiger partial charge in [-0.15, -0.1) is 11.3 Å². The van der Waals surface area contributed by atoms with E-state index in [2.05, 4.69) is 39.8 Å². The molecule has 0 unspecified atom stereocenters. The third kappa shape index (κ3) is 4.97. The number of nitrogens with zero attached hydrogens (tertiary/aromatic N) is 3. The van der Waals surface area contributed by atoms with E-state index in [1.54, 1.807) is 35.7 Å². The van der Waals surface area contributed by atoms with Crippen LogP contribution in [0.3, 0.4) is 0 Å². The van der Waals surface area contributed by atoms with Gasteiger partial charge in [0, 0.05) is 36.5 Å². The smallest absolute Gasteiger partial charge is 0.269 e. The van der Waals surface area contributed by atoms with Gasteiger partial charge in [-0.3, -0.25) is 4.79 Å². The molecule has 4 rings (SSSR count). The Morgan fingerprint density at radius 3 is 2.56 bits per heavy atom. The summed E-state index contributed by atoms with van der Waals surface area (Å²) >= 11 is 1.31. The minimum Gasteiger partial charge on any atom is -0.495 e. The molecule has 10 heteroatoms. The zero-order valence-electron chi connectivity index (χ0n) is 18.1. The summed E-state index contributed by atoms with van der Waals surface area (Å²) in [5.74, 6) is 0.349. The van der Waals surface area contributed by atoms with Crippen molar-refractivity contribution in [1.29, 1.82) is 0 Å². The van der Waals surface area contributed by atoms with E-state index in [0.29, 0.717) is 40.0 Å². The summed E-state index contributed by atoms with van der Waals surface area (Å²) in [4.78, 5) is 23.6. The topological polar surface area (TPSA) is 91.4 Å². The lowest BCUT2D eigenvalue weighted by molar-refractivity contribution is 0.102. The van der Waals surface area contributed by atoms with Crippen LogP contribution in [0.2, 0.25) is 0 Å². The van der Waals surface area contributed by atoms with Crippen molar-refractivity contribution in [3.05, 3.63) is 52.6 Å². The fourth-order valence-corrected chi connectivity index (χ4v) is 4.43. The average Bonchev–Trinajstić information content (AvgIpc) is 3.25. The van der Waals surface area contributed by atoms with Crippen LogP contribution in [0.25, 0.3) is 0 Å². The molecule has 0 spiro atoms. The molecule has 1 amide bonds. The zero-order chi connectivity index (χ0) is 22.7. The summed E-state index contributed by atoms with van der Waals surface area (Å²) in [6, 6.07) is 9.30. The Labute approximate surface area is 189 Å². The quantitative estimate of drug-likeness (QED) is 0.519. The van der Waals surface area contributed by atoms with Crippen LogP contribution in [0.5, 0.6) is 5.75 Å². The number of nitrogens with one attached hydrogen (secondary N) is 3. The summed E-state index contributed by atoms with van der Waals surface area (Å²) in [5.41, 5.74) is 1.26. The van der Waals surface area contributed by atoms with Crippen molar-refractivity contribution in [1.82, 2.24) is 15.3 Å². The molecule has 0 bridgehead atoms. The van der Waals surface area contributed by atoms with Crippen molar-refractivity contribution >= 4 is 40.4 Å². The van der Waals surface area contributed by atoms with Crippen molar-refractivity contribution in [3.63, 3.8) is 0 Å². The predicted molar refractivity (Wildman–Crippen MR) is 125 cm³/mol. The largest absolute Gasteiger partial charge is 0.495 e. The summed E-state index contributed by atoms with van der Waals surface area (Å²) in [6.07, 6.45) is 1.19. The summed E-state index contributed by atoms with van der Waals surface area (Å²) in [6.45, 7) is 5.69. The second kappa shape index (κ2) is 9.49. The Hall–Kier alpha value is -3.24. The SMILES string of the molecule is COc1ccsc1C(=O)Nc1ccc(Nc2nc(N3C[C@@H](C)N[C@@H](C)C3)ncc2F)cc1. The maximum absolute atomic E-state index is 14.4. The van der Waals surface area contributed by atoms with Gasteiger partial charge >= 0.3 is 0 Å². The maximum Gasteiger partial charge on any atom is 0.269 e. The lowest BCUT2D eigenvalue weighted by atomic mass is 10.1. The minimum atomic E-state index is -0.535. The number of piperazine rings is 1. The third-order valence-electron chi connectivity index (χ3n) is 5.03. The molecule has 8 nitrogen and oxygen atoms in total. The molecular weight excluding hydrogens is 431 g/mol. The van der Waals surface area contributed by atoms with Crippen molar-refractivity contribution in [2.75, 3.05) is 35.7 Å². The van der Waals surface area contributed by atoms with Gasteiger partial charge in [-0.25, -0.2) is 9.37 Å². The van der Waals surface area contributed by atoms with Gasteiger partial charge in [0.1, 0.15) is 10.6 Å². The Morgan fingerprint density at radius 1 is 1.19 bits per heavy atom. The van der Waals surface area contributed by atoms with Crippen LogP contribution in [-0.4, -0.2) is 48.2 Å². The first-order valence-electron chi connectivity index (χ1n) is 10.3. The second-order valence-electron chi connectivity index (χ2n) is 7.71. The number of thiophene rings is 1. The maximum atomic E-state index is 14.4. The first kappa shape index (κ1) is 22.0. The van der Waals surface area contributed by atoms with Crippen molar-refractivity contribution in [2.24, 2.45) is 0 Å². The predicted octanol–water partition coefficient (Wildman–Crippen LogP) is 3.87. The lowest BCUT2D eigenvalue weighted by Gasteiger charge is -2.36. The highest BCUT2D eigenvalue weighted by molar-refractivity contribution is 7.12. The molecule has 0 saturated carbocycles. The summed E-state index contributed by atoms with van der Waals surface area (Å²) < 4.78 is 19.6. The molecule has 168 valence electrons. The van der Waals surface area contributed by atoms with Crippen LogP contribution in [0.1, 0.15) is 23.5 Å². The Balaban J connectivity index is 1.45. The summed E-state index contributed by atoms with van der Waals surface area (Å²) in [5, 5.41) is 11.1. The van der Waals surface area contributed by atoms with E-state index in [0.717, 1.165) is 13.1 Å². The van der Waals surface area contributed by atoms with Crippen molar-refractivity contribution in [3.8, 4) is 5.75 Å². The molecule has 1 saturated heterocycles. The number of amides is 1. The monoisotopic (exact) mass is 456 g/mol.